The largest absolute Gasteiger partial charge is 0.302 e. The van der Waals surface area contributed by atoms with Crippen LogP contribution in [0.25, 0.3) is 0 Å². The number of carbonyl (C=O) groups excluding carboxylic acids is 1. The van der Waals surface area contributed by atoms with Crippen molar-refractivity contribution in [2.24, 2.45) is 11.0 Å². The Balaban J connectivity index is 2.24. The van der Waals surface area contributed by atoms with Gasteiger partial charge >= 0.3 is 0 Å². The van der Waals surface area contributed by atoms with Crippen LogP contribution >= 0.6 is 11.6 Å². The van der Waals surface area contributed by atoms with Crippen molar-refractivity contribution in [3.8, 4) is 0 Å². The zero-order chi connectivity index (χ0) is 15.9. The molecule has 7 heteroatoms. The molecule has 2 atom stereocenters. The summed E-state index contributed by atoms with van der Waals surface area (Å²) in [5.74, 6) is -1.28. The third kappa shape index (κ3) is 2.25. The summed E-state index contributed by atoms with van der Waals surface area (Å²) in [6.07, 6.45) is 0. The molecule has 2 heterocycles. The molecule has 0 radical (unpaired) electrons. The quantitative estimate of drug-likeness (QED) is 0.807. The molecule has 6 nitrogen and oxygen atoms in total. The first kappa shape index (κ1) is 14.6. The molecule has 1 aromatic carbocycles. The Morgan fingerprint density at radius 2 is 1.91 bits per heavy atom. The van der Waals surface area contributed by atoms with Crippen LogP contribution in [0.5, 0.6) is 0 Å². The summed E-state index contributed by atoms with van der Waals surface area (Å²) in [4.78, 5) is 24.5. The number of rotatable bonds is 3. The maximum atomic E-state index is 12.2. The molecule has 1 aliphatic rings. The van der Waals surface area contributed by atoms with Gasteiger partial charge in [-0.2, -0.15) is 5.10 Å². The molecule has 2 unspecified atom stereocenters. The minimum atomic E-state index is -0.560. The van der Waals surface area contributed by atoms with Crippen LogP contribution in [0.1, 0.15) is 29.7 Å². The maximum Gasteiger partial charge on any atom is 0.267 e. The minimum absolute atomic E-state index is 0.234. The lowest BCUT2D eigenvalue weighted by Gasteiger charge is -2.22. The molecule has 0 saturated carbocycles. The van der Waals surface area contributed by atoms with Gasteiger partial charge in [0.1, 0.15) is 0 Å². The molecule has 0 saturated heterocycles. The average molecular weight is 319 g/mol. The van der Waals surface area contributed by atoms with Crippen LogP contribution in [0.4, 0.5) is 0 Å². The molecule has 0 fully saturated rings. The molecule has 1 aliphatic heterocycles. The molecule has 114 valence electrons. The van der Waals surface area contributed by atoms with Crippen LogP contribution in [0, 0.1) is 12.8 Å². The number of hydrazone groups is 1. The Morgan fingerprint density at radius 1 is 1.18 bits per heavy atom. The number of aromatic amines is 2. The summed E-state index contributed by atoms with van der Waals surface area (Å²) in [6, 6.07) is 7.23. The molecule has 1 amide bonds. The molecular weight excluding hydrogens is 304 g/mol. The fraction of sp³-hybridized carbons (Fsp3) is 0.267. The van der Waals surface area contributed by atoms with Crippen LogP contribution in [-0.2, 0) is 4.79 Å². The zero-order valence-electron chi connectivity index (χ0n) is 12.1. The van der Waals surface area contributed by atoms with Crippen molar-refractivity contribution in [2.45, 2.75) is 19.8 Å². The SMILES string of the molecule is CC1=NNC(=O)C1C(c1ccccc1Cl)c1c(C)[nH][nH]c1=O. The van der Waals surface area contributed by atoms with E-state index in [0.29, 0.717) is 22.0 Å². The Kier molecular flexibility index (Phi) is 3.62. The van der Waals surface area contributed by atoms with Crippen molar-refractivity contribution in [3.05, 3.63) is 56.5 Å². The van der Waals surface area contributed by atoms with Gasteiger partial charge in [0.2, 0.25) is 5.91 Å². The Hall–Kier alpha value is -2.34. The van der Waals surface area contributed by atoms with Crippen LogP contribution < -0.4 is 11.0 Å². The van der Waals surface area contributed by atoms with Gasteiger partial charge in [-0.1, -0.05) is 29.8 Å². The topological polar surface area (TPSA) is 90.1 Å². The number of aryl methyl sites for hydroxylation is 1. The zero-order valence-corrected chi connectivity index (χ0v) is 12.9. The number of carbonyl (C=O) groups is 1. The molecule has 2 aromatic rings. The Morgan fingerprint density at radius 3 is 2.45 bits per heavy atom. The van der Waals surface area contributed by atoms with Crippen LogP contribution in [0.2, 0.25) is 5.02 Å². The summed E-state index contributed by atoms with van der Waals surface area (Å²) < 4.78 is 0. The number of amides is 1. The summed E-state index contributed by atoms with van der Waals surface area (Å²) in [7, 11) is 0. The summed E-state index contributed by atoms with van der Waals surface area (Å²) in [6.45, 7) is 3.55. The van der Waals surface area contributed by atoms with Gasteiger partial charge in [-0.05, 0) is 25.5 Å². The first-order valence-corrected chi connectivity index (χ1v) is 7.24. The normalized spacial score (nSPS) is 19.0. The van der Waals surface area contributed by atoms with Crippen LogP contribution in [0.15, 0.2) is 34.2 Å². The molecule has 1 aromatic heterocycles. The molecule has 0 aliphatic carbocycles. The summed E-state index contributed by atoms with van der Waals surface area (Å²) in [5.41, 5.74) is 4.77. The fourth-order valence-corrected chi connectivity index (χ4v) is 3.18. The van der Waals surface area contributed by atoms with E-state index in [-0.39, 0.29) is 11.5 Å². The van der Waals surface area contributed by atoms with Gasteiger partial charge in [0.25, 0.3) is 5.56 Å². The van der Waals surface area contributed by atoms with Gasteiger partial charge in [-0.25, -0.2) is 5.43 Å². The number of nitrogens with one attached hydrogen (secondary N) is 3. The Bertz CT molecular complexity index is 821. The molecular formula is C15H15ClN4O2. The number of aromatic nitrogens is 2. The van der Waals surface area contributed by atoms with E-state index in [1.807, 2.05) is 18.2 Å². The monoisotopic (exact) mass is 318 g/mol. The maximum absolute atomic E-state index is 12.2. The average Bonchev–Trinajstić information content (AvgIpc) is 2.99. The van der Waals surface area contributed by atoms with E-state index in [1.165, 1.54) is 0 Å². The van der Waals surface area contributed by atoms with Crippen molar-refractivity contribution < 1.29 is 4.79 Å². The first-order valence-electron chi connectivity index (χ1n) is 6.86. The molecule has 3 N–H and O–H groups in total. The second-order valence-electron chi connectivity index (χ2n) is 5.32. The van der Waals surface area contributed by atoms with Gasteiger partial charge in [-0.3, -0.25) is 14.7 Å². The molecule has 0 spiro atoms. The lowest BCUT2D eigenvalue weighted by Crippen LogP contribution is -2.31. The van der Waals surface area contributed by atoms with E-state index < -0.39 is 11.8 Å². The van der Waals surface area contributed by atoms with Crippen molar-refractivity contribution in [1.29, 1.82) is 0 Å². The van der Waals surface area contributed by atoms with Gasteiger partial charge in [0, 0.05) is 27.9 Å². The predicted octanol–water partition coefficient (Wildman–Crippen LogP) is 1.92. The number of hydrogen-bond acceptors (Lipinski definition) is 3. The summed E-state index contributed by atoms with van der Waals surface area (Å²) >= 11 is 6.32. The standard InChI is InChI=1S/C15H15ClN4O2/c1-7-11(14(21)19-17-7)13(9-5-3-4-6-10(9)16)12-8(2)18-20-15(12)22/h3-6,11,13H,1-2H3,(H,19,21)(H2,18,20,22). The Labute approximate surface area is 131 Å². The van der Waals surface area contributed by atoms with Crippen molar-refractivity contribution in [3.63, 3.8) is 0 Å². The fourth-order valence-electron chi connectivity index (χ4n) is 2.92. The van der Waals surface area contributed by atoms with Crippen molar-refractivity contribution in [2.75, 3.05) is 0 Å². The highest BCUT2D eigenvalue weighted by molar-refractivity contribution is 6.31. The second-order valence-corrected chi connectivity index (χ2v) is 5.73. The number of hydrogen-bond donors (Lipinski definition) is 3. The second kappa shape index (κ2) is 5.46. The van der Waals surface area contributed by atoms with E-state index in [2.05, 4.69) is 20.7 Å². The number of benzene rings is 1. The van der Waals surface area contributed by atoms with Gasteiger partial charge in [0.05, 0.1) is 5.92 Å². The van der Waals surface area contributed by atoms with Crippen LogP contribution in [-0.4, -0.2) is 21.8 Å². The van der Waals surface area contributed by atoms with Crippen LogP contribution in [0.3, 0.4) is 0 Å². The van der Waals surface area contributed by atoms with E-state index in [9.17, 15) is 9.59 Å². The van der Waals surface area contributed by atoms with Gasteiger partial charge < -0.3 is 5.10 Å². The molecule has 3 rings (SSSR count). The van der Waals surface area contributed by atoms with E-state index >= 15 is 0 Å². The van der Waals surface area contributed by atoms with Crippen molar-refractivity contribution in [1.82, 2.24) is 15.6 Å². The van der Waals surface area contributed by atoms with Gasteiger partial charge in [0.15, 0.2) is 0 Å². The molecule has 22 heavy (non-hydrogen) atoms. The van der Waals surface area contributed by atoms with E-state index in [1.54, 1.807) is 19.9 Å². The van der Waals surface area contributed by atoms with Gasteiger partial charge in [-0.15, -0.1) is 0 Å². The highest BCUT2D eigenvalue weighted by Gasteiger charge is 2.39. The lowest BCUT2D eigenvalue weighted by molar-refractivity contribution is -0.122. The minimum Gasteiger partial charge on any atom is -0.302 e. The number of halogens is 1. The lowest BCUT2D eigenvalue weighted by atomic mass is 9.78. The summed E-state index contributed by atoms with van der Waals surface area (Å²) in [5, 5.41) is 9.88. The highest BCUT2D eigenvalue weighted by Crippen LogP contribution is 2.37. The predicted molar refractivity (Wildman–Crippen MR) is 84.2 cm³/mol. The van der Waals surface area contributed by atoms with Crippen molar-refractivity contribution >= 4 is 23.2 Å². The number of nitrogens with zero attached hydrogens (tertiary/aromatic N) is 1. The third-order valence-corrected chi connectivity index (χ3v) is 4.32. The van der Waals surface area contributed by atoms with E-state index in [4.69, 9.17) is 11.6 Å². The molecule has 0 bridgehead atoms. The smallest absolute Gasteiger partial charge is 0.267 e. The number of H-pyrrole nitrogens is 2. The first-order chi connectivity index (χ1) is 10.5. The van der Waals surface area contributed by atoms with E-state index in [0.717, 1.165) is 5.56 Å². The third-order valence-electron chi connectivity index (χ3n) is 3.97. The highest BCUT2D eigenvalue weighted by atomic mass is 35.5.